The van der Waals surface area contributed by atoms with Crippen LogP contribution in [-0.4, -0.2) is 18.0 Å². The van der Waals surface area contributed by atoms with Crippen molar-refractivity contribution >= 4 is 18.0 Å². The van der Waals surface area contributed by atoms with E-state index in [1.165, 1.54) is 6.92 Å². The minimum atomic E-state index is -0.319. The fraction of sp³-hybridized carbons (Fsp3) is 0.182. The zero-order valence-electron chi connectivity index (χ0n) is 9.44. The van der Waals surface area contributed by atoms with E-state index in [0.717, 1.165) is 5.56 Å². The van der Waals surface area contributed by atoms with Crippen molar-refractivity contribution in [1.82, 2.24) is 10.9 Å². The highest BCUT2D eigenvalue weighted by Crippen LogP contribution is 2.01. The summed E-state index contributed by atoms with van der Waals surface area (Å²) in [6, 6.07) is 7.07. The maximum absolute atomic E-state index is 11.3. The fourth-order valence-electron chi connectivity index (χ4n) is 0.922. The monoisotopic (exact) mass is 236 g/mol. The zero-order valence-corrected chi connectivity index (χ0v) is 9.44. The van der Waals surface area contributed by atoms with Crippen molar-refractivity contribution < 1.29 is 19.2 Å². The van der Waals surface area contributed by atoms with Crippen LogP contribution in [0.3, 0.4) is 0 Å². The maximum Gasteiger partial charge on any atom is 0.373 e. The van der Waals surface area contributed by atoms with Crippen molar-refractivity contribution in [2.45, 2.75) is 13.8 Å². The Bertz CT molecular complexity index is 420. The molecular formula is C11H12N2O4. The van der Waals surface area contributed by atoms with Crippen molar-refractivity contribution in [3.63, 3.8) is 0 Å². The summed E-state index contributed by atoms with van der Waals surface area (Å²) in [6.45, 7) is 3.27. The highest BCUT2D eigenvalue weighted by molar-refractivity contribution is 5.95. The fourth-order valence-corrected chi connectivity index (χ4v) is 0.922. The van der Waals surface area contributed by atoms with E-state index in [-0.39, 0.29) is 18.0 Å². The molecule has 0 spiro atoms. The van der Waals surface area contributed by atoms with Crippen LogP contribution in [-0.2, 0) is 14.4 Å². The number of amides is 2. The van der Waals surface area contributed by atoms with Crippen LogP contribution in [0.2, 0.25) is 0 Å². The quantitative estimate of drug-likeness (QED) is 0.681. The summed E-state index contributed by atoms with van der Waals surface area (Å²) in [6.07, 6.45) is 0.250. The molecule has 2 amide bonds. The summed E-state index contributed by atoms with van der Waals surface area (Å²) >= 11 is 0. The van der Waals surface area contributed by atoms with E-state index < -0.39 is 0 Å². The Balaban J connectivity index is 0.000000770. The molecule has 0 atom stereocenters. The normalized spacial score (nSPS) is 8.12. The minimum absolute atomic E-state index is 0.250. The summed E-state index contributed by atoms with van der Waals surface area (Å²) in [5.74, 6) is -0.620. The van der Waals surface area contributed by atoms with Gasteiger partial charge in [-0.3, -0.25) is 20.4 Å². The van der Waals surface area contributed by atoms with Gasteiger partial charge in [0.2, 0.25) is 5.91 Å². The molecule has 0 saturated heterocycles. The molecule has 0 fully saturated rings. The standard InChI is InChI=1S/C10H12N2O2.CO2/c1-7-3-5-9(6-4-7)10(14)12-11-8(2)13;2-1-3/h3-6H,1-2H3,(H,11,13)(H,12,14);. The van der Waals surface area contributed by atoms with Gasteiger partial charge >= 0.3 is 6.15 Å². The van der Waals surface area contributed by atoms with Crippen LogP contribution in [0.5, 0.6) is 0 Å². The van der Waals surface area contributed by atoms with Crippen molar-refractivity contribution in [3.05, 3.63) is 35.4 Å². The van der Waals surface area contributed by atoms with E-state index in [4.69, 9.17) is 9.59 Å². The van der Waals surface area contributed by atoms with E-state index >= 15 is 0 Å². The Morgan fingerprint density at radius 2 is 1.53 bits per heavy atom. The molecule has 0 aliphatic rings. The Morgan fingerprint density at radius 1 is 1.06 bits per heavy atom. The Labute approximate surface area is 98.0 Å². The second kappa shape index (κ2) is 7.78. The Hall–Kier alpha value is -2.46. The lowest BCUT2D eigenvalue weighted by Crippen LogP contribution is -2.40. The van der Waals surface area contributed by atoms with Gasteiger partial charge in [0.05, 0.1) is 0 Å². The molecule has 1 rings (SSSR count). The number of aryl methyl sites for hydroxylation is 1. The lowest BCUT2D eigenvalue weighted by Gasteiger charge is -2.04. The highest BCUT2D eigenvalue weighted by atomic mass is 16.2. The molecule has 0 aliphatic carbocycles. The molecule has 2 N–H and O–H groups in total. The van der Waals surface area contributed by atoms with E-state index in [1.807, 2.05) is 19.1 Å². The predicted molar refractivity (Wildman–Crippen MR) is 57.5 cm³/mol. The lowest BCUT2D eigenvalue weighted by atomic mass is 10.1. The summed E-state index contributed by atoms with van der Waals surface area (Å²) in [4.78, 5) is 38.1. The first kappa shape index (κ1) is 14.5. The zero-order chi connectivity index (χ0) is 13.3. The Morgan fingerprint density at radius 3 is 1.94 bits per heavy atom. The van der Waals surface area contributed by atoms with Crippen LogP contribution < -0.4 is 10.9 Å². The van der Waals surface area contributed by atoms with Crippen LogP contribution >= 0.6 is 0 Å². The summed E-state index contributed by atoms with van der Waals surface area (Å²) in [5, 5.41) is 0. The van der Waals surface area contributed by atoms with E-state index in [2.05, 4.69) is 10.9 Å². The molecule has 17 heavy (non-hydrogen) atoms. The summed E-state index contributed by atoms with van der Waals surface area (Å²) < 4.78 is 0. The summed E-state index contributed by atoms with van der Waals surface area (Å²) in [7, 11) is 0. The third kappa shape index (κ3) is 6.59. The van der Waals surface area contributed by atoms with Gasteiger partial charge in [-0.25, -0.2) is 0 Å². The molecule has 6 nitrogen and oxygen atoms in total. The maximum atomic E-state index is 11.3. The van der Waals surface area contributed by atoms with Crippen molar-refractivity contribution in [3.8, 4) is 0 Å². The van der Waals surface area contributed by atoms with Gasteiger partial charge in [0.15, 0.2) is 0 Å². The van der Waals surface area contributed by atoms with Gasteiger partial charge in [0.1, 0.15) is 0 Å². The van der Waals surface area contributed by atoms with E-state index in [1.54, 1.807) is 12.1 Å². The van der Waals surface area contributed by atoms with Crippen LogP contribution in [0.1, 0.15) is 22.8 Å². The number of benzene rings is 1. The molecule has 1 aromatic rings. The Kier molecular flexibility index (Phi) is 6.66. The van der Waals surface area contributed by atoms with Gasteiger partial charge in [-0.05, 0) is 19.1 Å². The average Bonchev–Trinajstić information content (AvgIpc) is 2.28. The molecule has 1 aromatic carbocycles. The topological polar surface area (TPSA) is 92.3 Å². The lowest BCUT2D eigenvalue weighted by molar-refractivity contribution is -0.191. The van der Waals surface area contributed by atoms with Crippen LogP contribution in [0.25, 0.3) is 0 Å². The van der Waals surface area contributed by atoms with Gasteiger partial charge in [-0.1, -0.05) is 17.7 Å². The molecule has 6 heteroatoms. The number of hydrogen-bond donors (Lipinski definition) is 2. The highest BCUT2D eigenvalue weighted by Gasteiger charge is 2.03. The minimum Gasteiger partial charge on any atom is -0.274 e. The molecule has 0 aliphatic heterocycles. The van der Waals surface area contributed by atoms with Gasteiger partial charge in [-0.15, -0.1) is 0 Å². The first-order valence-electron chi connectivity index (χ1n) is 4.64. The average molecular weight is 236 g/mol. The molecule has 90 valence electrons. The molecule has 0 aromatic heterocycles. The molecule has 0 saturated carbocycles. The molecule has 0 unspecified atom stereocenters. The molecule has 0 radical (unpaired) electrons. The second-order valence-electron chi connectivity index (χ2n) is 3.08. The van der Waals surface area contributed by atoms with Gasteiger partial charge in [0.25, 0.3) is 5.91 Å². The second-order valence-corrected chi connectivity index (χ2v) is 3.08. The van der Waals surface area contributed by atoms with Crippen molar-refractivity contribution in [1.29, 1.82) is 0 Å². The van der Waals surface area contributed by atoms with Crippen LogP contribution in [0, 0.1) is 6.92 Å². The van der Waals surface area contributed by atoms with Crippen molar-refractivity contribution in [2.75, 3.05) is 0 Å². The molecular weight excluding hydrogens is 224 g/mol. The molecule has 0 bridgehead atoms. The largest absolute Gasteiger partial charge is 0.373 e. The SMILES string of the molecule is CC(=O)NNC(=O)c1ccc(C)cc1.O=C=O. The van der Waals surface area contributed by atoms with E-state index in [9.17, 15) is 9.59 Å². The van der Waals surface area contributed by atoms with Crippen LogP contribution in [0.15, 0.2) is 24.3 Å². The number of rotatable bonds is 1. The first-order chi connectivity index (χ1) is 8.01. The van der Waals surface area contributed by atoms with Gasteiger partial charge < -0.3 is 0 Å². The van der Waals surface area contributed by atoms with E-state index in [0.29, 0.717) is 5.56 Å². The van der Waals surface area contributed by atoms with Crippen LogP contribution in [0.4, 0.5) is 0 Å². The number of nitrogens with one attached hydrogen (secondary N) is 2. The third-order valence-electron chi connectivity index (χ3n) is 1.67. The number of carbonyl (C=O) groups excluding carboxylic acids is 4. The summed E-state index contributed by atoms with van der Waals surface area (Å²) in [5.41, 5.74) is 6.10. The van der Waals surface area contributed by atoms with Crippen molar-refractivity contribution in [2.24, 2.45) is 0 Å². The van der Waals surface area contributed by atoms with Gasteiger partial charge in [0, 0.05) is 12.5 Å². The molecule has 0 heterocycles. The number of carbonyl (C=O) groups is 2. The number of hydrazine groups is 1. The smallest absolute Gasteiger partial charge is 0.274 e. The number of hydrogen-bond acceptors (Lipinski definition) is 4. The first-order valence-corrected chi connectivity index (χ1v) is 4.64. The van der Waals surface area contributed by atoms with Gasteiger partial charge in [-0.2, -0.15) is 9.59 Å². The predicted octanol–water partition coefficient (Wildman–Crippen LogP) is 0.192. The third-order valence-corrected chi connectivity index (χ3v) is 1.67.